The SMILES string of the molecule is CCCC[C@H]1CCC2C3CCC4=CC(=O)CCC4C3CC[C@@]21C. The summed E-state index contributed by atoms with van der Waals surface area (Å²) in [4.78, 5) is 11.8. The van der Waals surface area contributed by atoms with Crippen molar-refractivity contribution < 1.29 is 4.79 Å². The lowest BCUT2D eigenvalue weighted by atomic mass is 9.51. The second kappa shape index (κ2) is 6.05. The Morgan fingerprint density at radius 1 is 1.09 bits per heavy atom. The van der Waals surface area contributed by atoms with E-state index in [0.717, 1.165) is 42.4 Å². The molecule has 4 aliphatic rings. The van der Waals surface area contributed by atoms with Gasteiger partial charge in [-0.1, -0.05) is 32.3 Å². The fourth-order valence-electron chi connectivity index (χ4n) is 7.21. The van der Waals surface area contributed by atoms with Crippen LogP contribution in [0.2, 0.25) is 0 Å². The van der Waals surface area contributed by atoms with Gasteiger partial charge in [-0.2, -0.15) is 0 Å². The van der Waals surface area contributed by atoms with Crippen LogP contribution in [0.4, 0.5) is 0 Å². The van der Waals surface area contributed by atoms with Crippen molar-refractivity contribution in [3.8, 4) is 0 Å². The van der Waals surface area contributed by atoms with E-state index in [1.807, 2.05) is 6.08 Å². The van der Waals surface area contributed by atoms with Crippen LogP contribution in [0.5, 0.6) is 0 Å². The second-order valence-corrected chi connectivity index (χ2v) is 9.26. The molecule has 0 aliphatic heterocycles. The molecular formula is C22H34O. The van der Waals surface area contributed by atoms with Gasteiger partial charge in [-0.25, -0.2) is 0 Å². The molecule has 0 aromatic rings. The number of ketones is 1. The van der Waals surface area contributed by atoms with E-state index in [0.29, 0.717) is 11.2 Å². The maximum Gasteiger partial charge on any atom is 0.155 e. The summed E-state index contributed by atoms with van der Waals surface area (Å²) in [5, 5.41) is 0. The van der Waals surface area contributed by atoms with E-state index in [1.165, 1.54) is 63.4 Å². The zero-order valence-corrected chi connectivity index (χ0v) is 15.2. The Hall–Kier alpha value is -0.590. The summed E-state index contributed by atoms with van der Waals surface area (Å²) < 4.78 is 0. The minimum absolute atomic E-state index is 0.399. The number of allylic oxidation sites excluding steroid dienone is 1. The van der Waals surface area contributed by atoms with Crippen LogP contribution in [0.1, 0.15) is 84.5 Å². The van der Waals surface area contributed by atoms with E-state index in [-0.39, 0.29) is 0 Å². The van der Waals surface area contributed by atoms with Crippen molar-refractivity contribution in [3.63, 3.8) is 0 Å². The summed E-state index contributed by atoms with van der Waals surface area (Å²) >= 11 is 0. The molecule has 4 aliphatic carbocycles. The highest BCUT2D eigenvalue weighted by Gasteiger charge is 2.55. The van der Waals surface area contributed by atoms with Gasteiger partial charge in [0.25, 0.3) is 0 Å². The van der Waals surface area contributed by atoms with Crippen molar-refractivity contribution in [3.05, 3.63) is 11.6 Å². The summed E-state index contributed by atoms with van der Waals surface area (Å²) in [6, 6.07) is 0. The molecule has 1 nitrogen and oxygen atoms in total. The quantitative estimate of drug-likeness (QED) is 0.630. The smallest absolute Gasteiger partial charge is 0.155 e. The Bertz CT molecular complexity index is 504. The van der Waals surface area contributed by atoms with Gasteiger partial charge in [-0.05, 0) is 92.4 Å². The first-order valence-corrected chi connectivity index (χ1v) is 10.4. The summed E-state index contributed by atoms with van der Waals surface area (Å²) in [6.45, 7) is 4.99. The van der Waals surface area contributed by atoms with E-state index in [1.54, 1.807) is 0 Å². The van der Waals surface area contributed by atoms with Gasteiger partial charge in [0.05, 0.1) is 0 Å². The first-order valence-electron chi connectivity index (χ1n) is 10.4. The van der Waals surface area contributed by atoms with E-state index in [9.17, 15) is 4.79 Å². The van der Waals surface area contributed by atoms with Crippen LogP contribution in [0.15, 0.2) is 11.6 Å². The van der Waals surface area contributed by atoms with E-state index in [4.69, 9.17) is 0 Å². The van der Waals surface area contributed by atoms with Gasteiger partial charge in [0, 0.05) is 6.42 Å². The van der Waals surface area contributed by atoms with Crippen molar-refractivity contribution in [2.45, 2.75) is 84.5 Å². The number of hydrogen-bond donors (Lipinski definition) is 0. The van der Waals surface area contributed by atoms with Crippen LogP contribution in [0.3, 0.4) is 0 Å². The number of hydrogen-bond acceptors (Lipinski definition) is 1. The highest BCUT2D eigenvalue weighted by Crippen LogP contribution is 2.64. The highest BCUT2D eigenvalue weighted by molar-refractivity contribution is 5.91. The molecule has 0 amide bonds. The molecule has 0 heterocycles. The Labute approximate surface area is 142 Å². The number of carbonyl (C=O) groups excluding carboxylic acids is 1. The Morgan fingerprint density at radius 2 is 1.96 bits per heavy atom. The lowest BCUT2D eigenvalue weighted by Crippen LogP contribution is -2.46. The fraction of sp³-hybridized carbons (Fsp3) is 0.864. The summed E-state index contributed by atoms with van der Waals surface area (Å²) in [7, 11) is 0. The van der Waals surface area contributed by atoms with Gasteiger partial charge in [0.1, 0.15) is 0 Å². The van der Waals surface area contributed by atoms with Gasteiger partial charge < -0.3 is 0 Å². The third-order valence-electron chi connectivity index (χ3n) is 8.40. The summed E-state index contributed by atoms with van der Waals surface area (Å²) in [6.07, 6.45) is 16.8. The number of rotatable bonds is 3. The average Bonchev–Trinajstić information content (AvgIpc) is 2.89. The maximum absolute atomic E-state index is 11.8. The lowest BCUT2D eigenvalue weighted by Gasteiger charge is -2.54. The second-order valence-electron chi connectivity index (χ2n) is 9.26. The summed E-state index contributed by atoms with van der Waals surface area (Å²) in [5.41, 5.74) is 2.17. The van der Waals surface area contributed by atoms with Crippen LogP contribution in [0.25, 0.3) is 0 Å². The molecule has 1 heteroatoms. The molecule has 0 aromatic carbocycles. The van der Waals surface area contributed by atoms with E-state index >= 15 is 0 Å². The van der Waals surface area contributed by atoms with Crippen LogP contribution < -0.4 is 0 Å². The van der Waals surface area contributed by atoms with Crippen molar-refractivity contribution >= 4 is 5.78 Å². The molecule has 0 bridgehead atoms. The molecular weight excluding hydrogens is 280 g/mol. The average molecular weight is 315 g/mol. The third-order valence-corrected chi connectivity index (χ3v) is 8.40. The molecule has 0 saturated heterocycles. The molecule has 23 heavy (non-hydrogen) atoms. The molecule has 6 atom stereocenters. The molecule has 3 saturated carbocycles. The fourth-order valence-corrected chi connectivity index (χ4v) is 7.21. The third kappa shape index (κ3) is 2.53. The number of unbranched alkanes of at least 4 members (excludes halogenated alkanes) is 1. The molecule has 4 unspecified atom stereocenters. The summed E-state index contributed by atoms with van der Waals surface area (Å²) in [5.74, 6) is 5.03. The van der Waals surface area contributed by atoms with Crippen molar-refractivity contribution in [2.24, 2.45) is 35.0 Å². The van der Waals surface area contributed by atoms with Gasteiger partial charge in [0.15, 0.2) is 5.78 Å². The lowest BCUT2D eigenvalue weighted by molar-refractivity contribution is -0.116. The van der Waals surface area contributed by atoms with Crippen molar-refractivity contribution in [1.29, 1.82) is 0 Å². The Kier molecular flexibility index (Phi) is 4.18. The van der Waals surface area contributed by atoms with Crippen molar-refractivity contribution in [2.75, 3.05) is 0 Å². The molecule has 0 spiro atoms. The van der Waals surface area contributed by atoms with Crippen LogP contribution >= 0.6 is 0 Å². The minimum Gasteiger partial charge on any atom is -0.295 e. The van der Waals surface area contributed by atoms with Gasteiger partial charge in [0.2, 0.25) is 0 Å². The predicted molar refractivity (Wildman–Crippen MR) is 95.1 cm³/mol. The zero-order chi connectivity index (χ0) is 16.0. The normalized spacial score (nSPS) is 45.9. The molecule has 3 fully saturated rings. The van der Waals surface area contributed by atoms with E-state index < -0.39 is 0 Å². The molecule has 4 rings (SSSR count). The topological polar surface area (TPSA) is 17.1 Å². The number of fused-ring (bicyclic) bond motifs is 5. The number of carbonyl (C=O) groups is 1. The molecule has 0 radical (unpaired) electrons. The monoisotopic (exact) mass is 314 g/mol. The minimum atomic E-state index is 0.399. The maximum atomic E-state index is 11.8. The Balaban J connectivity index is 1.54. The van der Waals surface area contributed by atoms with Crippen molar-refractivity contribution in [1.82, 2.24) is 0 Å². The molecule has 0 aromatic heterocycles. The van der Waals surface area contributed by atoms with Crippen LogP contribution in [-0.4, -0.2) is 5.78 Å². The van der Waals surface area contributed by atoms with Gasteiger partial charge in [-0.3, -0.25) is 4.79 Å². The zero-order valence-electron chi connectivity index (χ0n) is 15.2. The first kappa shape index (κ1) is 15.9. The Morgan fingerprint density at radius 3 is 2.78 bits per heavy atom. The standard InChI is InChI=1S/C22H34O/c1-3-4-5-16-7-11-21-20-9-6-15-14-17(23)8-10-18(15)19(20)12-13-22(16,21)2/h14,16,18-21H,3-13H2,1-2H3/t16-,18?,19?,20?,21?,22+/m0/s1. The highest BCUT2D eigenvalue weighted by atomic mass is 16.1. The molecule has 0 N–H and O–H groups in total. The van der Waals surface area contributed by atoms with E-state index in [2.05, 4.69) is 13.8 Å². The molecule has 128 valence electrons. The first-order chi connectivity index (χ1) is 11.1. The van der Waals surface area contributed by atoms with Gasteiger partial charge >= 0.3 is 0 Å². The van der Waals surface area contributed by atoms with Crippen LogP contribution in [0, 0.1) is 35.0 Å². The van der Waals surface area contributed by atoms with Crippen LogP contribution in [-0.2, 0) is 4.79 Å². The largest absolute Gasteiger partial charge is 0.295 e. The van der Waals surface area contributed by atoms with Gasteiger partial charge in [-0.15, -0.1) is 0 Å². The predicted octanol–water partition coefficient (Wildman–Crippen LogP) is 5.93.